The molecule has 1 atom stereocenters. The summed E-state index contributed by atoms with van der Waals surface area (Å²) >= 11 is 1.82. The number of rotatable bonds is 4. The molecule has 0 aromatic carbocycles. The molecule has 1 saturated heterocycles. The van der Waals surface area contributed by atoms with Gasteiger partial charge in [0.25, 0.3) is 0 Å². The Bertz CT molecular complexity index is 412. The van der Waals surface area contributed by atoms with Gasteiger partial charge in [0.15, 0.2) is 5.17 Å². The lowest BCUT2D eigenvalue weighted by Gasteiger charge is -2.28. The van der Waals surface area contributed by atoms with Crippen molar-refractivity contribution < 1.29 is 0 Å². The van der Waals surface area contributed by atoms with Gasteiger partial charge < -0.3 is 9.88 Å². The van der Waals surface area contributed by atoms with Gasteiger partial charge in [-0.15, -0.1) is 10.2 Å². The van der Waals surface area contributed by atoms with Crippen molar-refractivity contribution in [3.05, 3.63) is 12.2 Å². The first-order valence-corrected chi connectivity index (χ1v) is 7.42. The monoisotopic (exact) mass is 267 g/mol. The van der Waals surface area contributed by atoms with E-state index in [1.807, 2.05) is 23.4 Å². The lowest BCUT2D eigenvalue weighted by molar-refractivity contribution is 0.442. The van der Waals surface area contributed by atoms with Crippen LogP contribution in [0.15, 0.2) is 11.3 Å². The number of thioether (sulfide) groups is 1. The van der Waals surface area contributed by atoms with E-state index in [9.17, 15) is 0 Å². The number of hydrogen-bond donors (Lipinski definition) is 1. The van der Waals surface area contributed by atoms with E-state index in [1.54, 1.807) is 6.33 Å². The number of aromatic nitrogens is 3. The van der Waals surface area contributed by atoms with Crippen molar-refractivity contribution in [2.75, 3.05) is 12.3 Å². The highest BCUT2D eigenvalue weighted by Gasteiger charge is 2.19. The average molecular weight is 267 g/mol. The van der Waals surface area contributed by atoms with Crippen LogP contribution in [0.3, 0.4) is 0 Å². The van der Waals surface area contributed by atoms with Gasteiger partial charge in [-0.1, -0.05) is 25.6 Å². The fraction of sp³-hybridized carbons (Fsp3) is 0.750. The van der Waals surface area contributed by atoms with Crippen LogP contribution in [0.25, 0.3) is 0 Å². The molecule has 1 aromatic rings. The zero-order chi connectivity index (χ0) is 13.0. The number of nitrogens with zero attached hydrogens (tertiary/aromatic N) is 4. The molecular formula is C12H21N5S. The van der Waals surface area contributed by atoms with E-state index in [0.717, 1.165) is 24.0 Å². The highest BCUT2D eigenvalue weighted by Crippen LogP contribution is 2.18. The third-order valence-corrected chi connectivity index (χ3v) is 4.14. The molecule has 1 fully saturated rings. The van der Waals surface area contributed by atoms with E-state index >= 15 is 0 Å². The van der Waals surface area contributed by atoms with E-state index < -0.39 is 0 Å². The van der Waals surface area contributed by atoms with Gasteiger partial charge in [0.05, 0.1) is 0 Å². The Labute approximate surface area is 112 Å². The summed E-state index contributed by atoms with van der Waals surface area (Å²) < 4.78 is 1.94. The van der Waals surface area contributed by atoms with Gasteiger partial charge in [-0.25, -0.2) is 0 Å². The van der Waals surface area contributed by atoms with Crippen molar-refractivity contribution in [2.45, 2.75) is 32.7 Å². The first-order chi connectivity index (χ1) is 8.66. The van der Waals surface area contributed by atoms with Gasteiger partial charge in [-0.2, -0.15) is 0 Å². The van der Waals surface area contributed by atoms with Crippen LogP contribution >= 0.6 is 11.8 Å². The highest BCUT2D eigenvalue weighted by molar-refractivity contribution is 8.13. The fourth-order valence-electron chi connectivity index (χ4n) is 1.94. The van der Waals surface area contributed by atoms with Crippen molar-refractivity contribution in [1.82, 2.24) is 20.1 Å². The number of aliphatic imine (C=N–C) groups is 1. The molecule has 1 unspecified atom stereocenters. The molecule has 2 rings (SSSR count). The first-order valence-electron chi connectivity index (χ1n) is 6.43. The summed E-state index contributed by atoms with van der Waals surface area (Å²) in [7, 11) is 1.96. The van der Waals surface area contributed by atoms with Crippen LogP contribution < -0.4 is 5.32 Å². The van der Waals surface area contributed by atoms with Crippen molar-refractivity contribution in [2.24, 2.45) is 18.0 Å². The van der Waals surface area contributed by atoms with Gasteiger partial charge in [-0.3, -0.25) is 4.99 Å². The molecule has 0 saturated carbocycles. The van der Waals surface area contributed by atoms with Crippen LogP contribution in [-0.2, 0) is 13.5 Å². The Hall–Kier alpha value is -1.04. The van der Waals surface area contributed by atoms with Crippen LogP contribution in [-0.4, -0.2) is 38.3 Å². The minimum atomic E-state index is 0.569. The Kier molecular flexibility index (Phi) is 4.63. The largest absolute Gasteiger partial charge is 0.362 e. The van der Waals surface area contributed by atoms with Crippen LogP contribution in [0.1, 0.15) is 26.1 Å². The van der Waals surface area contributed by atoms with Gasteiger partial charge in [0, 0.05) is 31.8 Å². The number of nitrogens with one attached hydrogen (secondary N) is 1. The summed E-state index contributed by atoms with van der Waals surface area (Å²) in [4.78, 5) is 4.62. The third-order valence-electron chi connectivity index (χ3n) is 3.18. The fourth-order valence-corrected chi connectivity index (χ4v) is 2.92. The normalized spacial score (nSPS) is 22.4. The maximum absolute atomic E-state index is 4.62. The lowest BCUT2D eigenvalue weighted by atomic mass is 10.0. The van der Waals surface area contributed by atoms with Crippen LogP contribution in [0.4, 0.5) is 0 Å². The van der Waals surface area contributed by atoms with Crippen molar-refractivity contribution in [3.63, 3.8) is 0 Å². The smallest absolute Gasteiger partial charge is 0.156 e. The average Bonchev–Trinajstić information content (AvgIpc) is 2.76. The Morgan fingerprint density at radius 1 is 1.61 bits per heavy atom. The second-order valence-corrected chi connectivity index (χ2v) is 6.01. The molecule has 6 heteroatoms. The molecule has 0 aliphatic carbocycles. The molecule has 0 bridgehead atoms. The molecule has 1 aromatic heterocycles. The second-order valence-electron chi connectivity index (χ2n) is 4.93. The van der Waals surface area contributed by atoms with Gasteiger partial charge in [0.2, 0.25) is 0 Å². The van der Waals surface area contributed by atoms with Gasteiger partial charge >= 0.3 is 0 Å². The Morgan fingerprint density at radius 3 is 3.11 bits per heavy atom. The summed E-state index contributed by atoms with van der Waals surface area (Å²) in [6, 6.07) is 0.569. The summed E-state index contributed by atoms with van der Waals surface area (Å²) in [6.45, 7) is 5.28. The maximum atomic E-state index is 4.62. The van der Waals surface area contributed by atoms with Crippen molar-refractivity contribution in [1.29, 1.82) is 0 Å². The van der Waals surface area contributed by atoms with Crippen LogP contribution in [0.5, 0.6) is 0 Å². The first kappa shape index (κ1) is 13.4. The van der Waals surface area contributed by atoms with E-state index in [-0.39, 0.29) is 0 Å². The predicted molar refractivity (Wildman–Crippen MR) is 75.8 cm³/mol. The van der Waals surface area contributed by atoms with Crippen molar-refractivity contribution in [3.8, 4) is 0 Å². The van der Waals surface area contributed by atoms with E-state index in [2.05, 4.69) is 34.4 Å². The molecule has 1 aliphatic rings. The SMILES string of the molecule is CC(C)C1CCSC(=NCCc2nncn2C)N1. The summed E-state index contributed by atoms with van der Waals surface area (Å²) in [5.41, 5.74) is 0. The molecule has 1 N–H and O–H groups in total. The summed E-state index contributed by atoms with van der Waals surface area (Å²) in [6.07, 6.45) is 3.80. The molecule has 2 heterocycles. The summed E-state index contributed by atoms with van der Waals surface area (Å²) in [5.74, 6) is 2.81. The Balaban J connectivity index is 1.84. The lowest BCUT2D eigenvalue weighted by Crippen LogP contribution is -2.41. The number of hydrogen-bond acceptors (Lipinski definition) is 4. The molecule has 0 amide bonds. The number of aryl methyl sites for hydroxylation is 1. The van der Waals surface area contributed by atoms with Crippen molar-refractivity contribution >= 4 is 16.9 Å². The molecule has 1 aliphatic heterocycles. The highest BCUT2D eigenvalue weighted by atomic mass is 32.2. The predicted octanol–water partition coefficient (Wildman–Crippen LogP) is 1.46. The number of amidine groups is 1. The third kappa shape index (κ3) is 3.48. The maximum Gasteiger partial charge on any atom is 0.156 e. The van der Waals surface area contributed by atoms with E-state index in [1.165, 1.54) is 12.2 Å². The summed E-state index contributed by atoms with van der Waals surface area (Å²) in [5, 5.41) is 12.5. The molecule has 5 nitrogen and oxygen atoms in total. The zero-order valence-corrected chi connectivity index (χ0v) is 12.1. The molecule has 100 valence electrons. The van der Waals surface area contributed by atoms with Gasteiger partial charge in [-0.05, 0) is 12.3 Å². The second kappa shape index (κ2) is 6.22. The zero-order valence-electron chi connectivity index (χ0n) is 11.3. The van der Waals surface area contributed by atoms with E-state index in [4.69, 9.17) is 0 Å². The molecule has 0 spiro atoms. The van der Waals surface area contributed by atoms with E-state index in [0.29, 0.717) is 12.0 Å². The van der Waals surface area contributed by atoms with Crippen LogP contribution in [0, 0.1) is 5.92 Å². The van der Waals surface area contributed by atoms with Gasteiger partial charge in [0.1, 0.15) is 12.2 Å². The molecular weight excluding hydrogens is 246 g/mol. The molecule has 0 radical (unpaired) electrons. The minimum Gasteiger partial charge on any atom is -0.362 e. The quantitative estimate of drug-likeness (QED) is 0.897. The standard InChI is InChI=1S/C12H21N5S/c1-9(2)10-5-7-18-12(15-10)13-6-4-11-16-14-8-17(11)3/h8-10H,4-7H2,1-3H3,(H,13,15). The minimum absolute atomic E-state index is 0.569. The molecule has 18 heavy (non-hydrogen) atoms. The van der Waals surface area contributed by atoms with Crippen LogP contribution in [0.2, 0.25) is 0 Å². The Morgan fingerprint density at radius 2 is 2.44 bits per heavy atom. The topological polar surface area (TPSA) is 55.1 Å².